The Labute approximate surface area is 150 Å². The molecule has 8 heteroatoms. The fourth-order valence-corrected chi connectivity index (χ4v) is 2.40. The summed E-state index contributed by atoms with van der Waals surface area (Å²) in [5.74, 6) is -0.542. The van der Waals surface area contributed by atoms with Crippen LogP contribution in [0.5, 0.6) is 0 Å². The van der Waals surface area contributed by atoms with E-state index >= 15 is 0 Å². The molecule has 0 radical (unpaired) electrons. The molecule has 0 saturated carbocycles. The van der Waals surface area contributed by atoms with Gasteiger partial charge in [-0.25, -0.2) is 10.9 Å². The average Bonchev–Trinajstić information content (AvgIpc) is 3.07. The lowest BCUT2D eigenvalue weighted by molar-refractivity contribution is -0.642. The topological polar surface area (TPSA) is 89.1 Å². The van der Waals surface area contributed by atoms with Gasteiger partial charge in [-0.3, -0.25) is 14.4 Å². The third-order valence-corrected chi connectivity index (χ3v) is 3.70. The van der Waals surface area contributed by atoms with Crippen molar-refractivity contribution in [2.75, 3.05) is 12.5 Å². The fourth-order valence-electron chi connectivity index (χ4n) is 2.40. The maximum atomic E-state index is 12.2. The van der Waals surface area contributed by atoms with Crippen molar-refractivity contribution in [2.45, 2.75) is 0 Å². The first-order chi connectivity index (χ1) is 12.6. The zero-order chi connectivity index (χ0) is 18.5. The van der Waals surface area contributed by atoms with Crippen LogP contribution in [-0.2, 0) is 11.9 Å². The van der Waals surface area contributed by atoms with Crippen molar-refractivity contribution in [1.29, 1.82) is 0 Å². The first kappa shape index (κ1) is 17.3. The molecule has 0 fully saturated rings. The Bertz CT molecular complexity index is 917. The van der Waals surface area contributed by atoms with E-state index in [-0.39, 0.29) is 11.8 Å². The largest absolute Gasteiger partial charge is 0.287 e. The van der Waals surface area contributed by atoms with E-state index in [0.29, 0.717) is 11.1 Å². The lowest BCUT2D eigenvalue weighted by atomic mass is 10.0. The summed E-state index contributed by atoms with van der Waals surface area (Å²) >= 11 is 0. The first-order valence-electron chi connectivity index (χ1n) is 7.82. The number of nitrogens with one attached hydrogen (secondary N) is 2. The predicted molar refractivity (Wildman–Crippen MR) is 93.4 cm³/mol. The number of benzene rings is 2. The van der Waals surface area contributed by atoms with Crippen LogP contribution in [0.25, 0.3) is 11.1 Å². The summed E-state index contributed by atoms with van der Waals surface area (Å²) in [6.07, 6.45) is 3.15. The summed E-state index contributed by atoms with van der Waals surface area (Å²) in [5.41, 5.74) is 7.89. The molecule has 2 amide bonds. The lowest BCUT2D eigenvalue weighted by Crippen LogP contribution is -2.46. The molecule has 1 aromatic heterocycles. The molecule has 26 heavy (non-hydrogen) atoms. The minimum atomic E-state index is -0.307. The molecule has 3 aromatic rings. The van der Waals surface area contributed by atoms with Gasteiger partial charge in [-0.15, -0.1) is 9.36 Å². The predicted octanol–water partition coefficient (Wildman–Crippen LogP) is 1.05. The molecular weight excluding hydrogens is 334 g/mol. The van der Waals surface area contributed by atoms with Crippen molar-refractivity contribution in [3.63, 3.8) is 0 Å². The van der Waals surface area contributed by atoms with Gasteiger partial charge in [-0.2, -0.15) is 0 Å². The van der Waals surface area contributed by atoms with Gasteiger partial charge in [0.1, 0.15) is 0 Å². The van der Waals surface area contributed by atoms with Gasteiger partial charge >= 0.3 is 0 Å². The third-order valence-electron chi connectivity index (χ3n) is 3.70. The van der Waals surface area contributed by atoms with Crippen LogP contribution in [0, 0.1) is 0 Å². The van der Waals surface area contributed by atoms with Gasteiger partial charge in [0.15, 0.2) is 0 Å². The van der Waals surface area contributed by atoms with Gasteiger partial charge in [-0.05, 0) is 35.4 Å². The second-order valence-electron chi connectivity index (χ2n) is 5.56. The van der Waals surface area contributed by atoms with Crippen LogP contribution in [0.15, 0.2) is 61.2 Å². The summed E-state index contributed by atoms with van der Waals surface area (Å²) in [6.45, 7) is 0. The van der Waals surface area contributed by atoms with Gasteiger partial charge in [0.05, 0.1) is 14.2 Å². The highest BCUT2D eigenvalue weighted by atomic mass is 16.6. The van der Waals surface area contributed by atoms with Crippen molar-refractivity contribution in [1.82, 2.24) is 15.3 Å². The van der Waals surface area contributed by atoms with Gasteiger partial charge < -0.3 is 0 Å². The number of amides is 2. The molecule has 0 spiro atoms. The molecule has 0 saturated heterocycles. The van der Waals surface area contributed by atoms with Gasteiger partial charge in [0.25, 0.3) is 18.1 Å². The van der Waals surface area contributed by atoms with E-state index in [9.17, 15) is 9.59 Å². The minimum Gasteiger partial charge on any atom is -0.277 e. The van der Waals surface area contributed by atoms with Crippen LogP contribution < -0.4 is 15.6 Å². The van der Waals surface area contributed by atoms with E-state index in [1.165, 1.54) is 18.1 Å². The second-order valence-corrected chi connectivity index (χ2v) is 5.56. The summed E-state index contributed by atoms with van der Waals surface area (Å²) < 4.78 is 3.07. The maximum Gasteiger partial charge on any atom is 0.287 e. The molecule has 0 aliphatic heterocycles. The van der Waals surface area contributed by atoms with Crippen molar-refractivity contribution < 1.29 is 19.1 Å². The van der Waals surface area contributed by atoms with E-state index < -0.39 is 0 Å². The zero-order valence-electron chi connectivity index (χ0n) is 14.3. The molecule has 0 aliphatic rings. The maximum absolute atomic E-state index is 12.2. The first-order valence-corrected chi connectivity index (χ1v) is 7.82. The van der Waals surface area contributed by atoms with Gasteiger partial charge in [0, 0.05) is 16.2 Å². The molecule has 0 bridgehead atoms. The standard InChI is InChI=1S/C18H17N5O3/c1-22-12-23(11-19-22)20-17(24)15-7-3-13(4-8-15)14-5-9-16(10-6-14)18(25)21-26-2/h3-12H,1-2H3,(H-,20,21,24,25)/p+1. The molecule has 0 unspecified atom stereocenters. The zero-order valence-corrected chi connectivity index (χ0v) is 14.3. The number of hydrogen-bond acceptors (Lipinski definition) is 4. The Balaban J connectivity index is 1.70. The number of rotatable bonds is 5. The van der Waals surface area contributed by atoms with Gasteiger partial charge in [-0.1, -0.05) is 24.3 Å². The van der Waals surface area contributed by atoms with Crippen molar-refractivity contribution in [3.05, 3.63) is 72.3 Å². The number of aromatic nitrogens is 3. The van der Waals surface area contributed by atoms with Crippen LogP contribution in [-0.4, -0.2) is 28.7 Å². The van der Waals surface area contributed by atoms with E-state index in [2.05, 4.69) is 20.8 Å². The molecule has 0 aliphatic carbocycles. The molecule has 0 atom stereocenters. The van der Waals surface area contributed by atoms with Crippen LogP contribution in [0.2, 0.25) is 0 Å². The monoisotopic (exact) mass is 352 g/mol. The summed E-state index contributed by atoms with van der Waals surface area (Å²) in [7, 11) is 3.15. The fraction of sp³-hybridized carbons (Fsp3) is 0.111. The Hall–Kier alpha value is -3.52. The molecule has 8 nitrogen and oxygen atoms in total. The summed E-state index contributed by atoms with van der Waals surface area (Å²) in [6, 6.07) is 14.3. The number of hydroxylamine groups is 1. The Morgan fingerprint density at radius 1 is 0.962 bits per heavy atom. The normalized spacial score (nSPS) is 10.4. The van der Waals surface area contributed by atoms with E-state index in [0.717, 1.165) is 11.1 Å². The summed E-state index contributed by atoms with van der Waals surface area (Å²) in [5, 5.41) is 3.98. The second kappa shape index (κ2) is 7.58. The quantitative estimate of drug-likeness (QED) is 0.531. The Kier molecular flexibility index (Phi) is 5.04. The van der Waals surface area contributed by atoms with Crippen molar-refractivity contribution in [3.8, 4) is 11.1 Å². The Morgan fingerprint density at radius 3 is 1.96 bits per heavy atom. The van der Waals surface area contributed by atoms with Crippen LogP contribution in [0.4, 0.5) is 0 Å². The summed E-state index contributed by atoms with van der Waals surface area (Å²) in [4.78, 5) is 28.5. The van der Waals surface area contributed by atoms with Crippen LogP contribution in [0.3, 0.4) is 0 Å². The molecule has 2 N–H and O–H groups in total. The third kappa shape index (κ3) is 3.93. The average molecular weight is 352 g/mol. The van der Waals surface area contributed by atoms with Crippen LogP contribution >= 0.6 is 0 Å². The SMILES string of the molecule is CONC(=O)c1ccc(-c2ccc(C(=O)N[n+]3cnn(C)c3)cc2)cc1. The number of nitrogens with zero attached hydrogens (tertiary/aromatic N) is 3. The highest BCUT2D eigenvalue weighted by molar-refractivity contribution is 5.99. The minimum absolute atomic E-state index is 0.235. The molecular formula is C18H18N5O3+. The number of carbonyl (C=O) groups is 2. The molecule has 3 rings (SSSR count). The molecule has 1 heterocycles. The number of hydrogen-bond donors (Lipinski definition) is 2. The van der Waals surface area contributed by atoms with E-state index in [1.807, 2.05) is 24.3 Å². The Morgan fingerprint density at radius 2 is 1.50 bits per heavy atom. The lowest BCUT2D eigenvalue weighted by Gasteiger charge is -2.06. The number of carbonyl (C=O) groups excluding carboxylic acids is 2. The highest BCUT2D eigenvalue weighted by Crippen LogP contribution is 2.20. The van der Waals surface area contributed by atoms with Gasteiger partial charge in [0.2, 0.25) is 6.33 Å². The highest BCUT2D eigenvalue weighted by Gasteiger charge is 2.10. The van der Waals surface area contributed by atoms with Crippen molar-refractivity contribution >= 4 is 11.8 Å². The smallest absolute Gasteiger partial charge is 0.277 e. The number of aryl methyl sites for hydroxylation is 1. The molecule has 132 valence electrons. The van der Waals surface area contributed by atoms with Crippen molar-refractivity contribution in [2.24, 2.45) is 7.05 Å². The van der Waals surface area contributed by atoms with E-state index in [4.69, 9.17) is 0 Å². The molecule has 2 aromatic carbocycles. The van der Waals surface area contributed by atoms with E-state index in [1.54, 1.807) is 42.3 Å². The van der Waals surface area contributed by atoms with Crippen LogP contribution in [0.1, 0.15) is 20.7 Å².